The van der Waals surface area contributed by atoms with Crippen molar-refractivity contribution < 1.29 is 17.5 Å². The van der Waals surface area contributed by atoms with Gasteiger partial charge in [-0.05, 0) is 29.8 Å². The van der Waals surface area contributed by atoms with Crippen molar-refractivity contribution in [1.29, 1.82) is 0 Å². The average Bonchev–Trinajstić information content (AvgIpc) is 2.89. The third kappa shape index (κ3) is 5.40. The molecule has 4 aromatic rings. The van der Waals surface area contributed by atoms with E-state index in [1.54, 1.807) is 42.5 Å². The van der Waals surface area contributed by atoms with Gasteiger partial charge in [0.05, 0.1) is 24.2 Å². The maximum Gasteiger partial charge on any atom is 0.352 e. The van der Waals surface area contributed by atoms with E-state index in [-0.39, 0.29) is 39.2 Å². The molecule has 0 aliphatic heterocycles. The van der Waals surface area contributed by atoms with Crippen LogP contribution >= 0.6 is 11.6 Å². The summed E-state index contributed by atoms with van der Waals surface area (Å²) < 4.78 is 46.6. The standard InChI is InChI=1S/C26H24ClFN4O5S/c1-37-22-12-7-11-21(24(22)27)32-26(34)31(15-19(29)16-8-4-3-5-9-16)25(33)20(30-32)14-17-18(28)10-6-13-23(17)38(2,35)36/h3-13,19H,14-15,29H2,1-2H3. The number of ether oxygens (including phenoxy) is 1. The van der Waals surface area contributed by atoms with Crippen molar-refractivity contribution in [2.24, 2.45) is 5.73 Å². The normalized spacial score (nSPS) is 12.3. The molecule has 198 valence electrons. The summed E-state index contributed by atoms with van der Waals surface area (Å²) in [5.74, 6) is -0.578. The zero-order valence-corrected chi connectivity index (χ0v) is 22.0. The van der Waals surface area contributed by atoms with Gasteiger partial charge in [-0.15, -0.1) is 0 Å². The predicted molar refractivity (Wildman–Crippen MR) is 141 cm³/mol. The fraction of sp³-hybridized carbons (Fsp3) is 0.192. The Morgan fingerprint density at radius 2 is 1.74 bits per heavy atom. The summed E-state index contributed by atoms with van der Waals surface area (Å²) in [7, 11) is -2.44. The van der Waals surface area contributed by atoms with E-state index in [0.29, 0.717) is 5.56 Å². The number of hydrogen-bond donors (Lipinski definition) is 1. The molecule has 12 heteroatoms. The monoisotopic (exact) mass is 558 g/mol. The second kappa shape index (κ2) is 10.9. The van der Waals surface area contributed by atoms with Crippen LogP contribution in [0.3, 0.4) is 0 Å². The van der Waals surface area contributed by atoms with Crippen LogP contribution in [-0.4, -0.2) is 36.1 Å². The minimum absolute atomic E-state index is 0.0517. The van der Waals surface area contributed by atoms with Crippen molar-refractivity contribution in [1.82, 2.24) is 14.3 Å². The van der Waals surface area contributed by atoms with Crippen molar-refractivity contribution in [3.05, 3.63) is 115 Å². The average molecular weight is 559 g/mol. The summed E-state index contributed by atoms with van der Waals surface area (Å²) in [6, 6.07) is 16.4. The molecule has 1 atom stereocenters. The summed E-state index contributed by atoms with van der Waals surface area (Å²) in [5.41, 5.74) is 4.91. The van der Waals surface area contributed by atoms with Crippen molar-refractivity contribution >= 4 is 21.4 Å². The van der Waals surface area contributed by atoms with Crippen LogP contribution in [0.15, 0.2) is 81.2 Å². The highest BCUT2D eigenvalue weighted by atomic mass is 35.5. The first-order valence-corrected chi connectivity index (χ1v) is 13.6. The zero-order chi connectivity index (χ0) is 27.6. The largest absolute Gasteiger partial charge is 0.495 e. The van der Waals surface area contributed by atoms with E-state index in [1.807, 2.05) is 0 Å². The third-order valence-corrected chi connectivity index (χ3v) is 7.50. The molecule has 2 N–H and O–H groups in total. The van der Waals surface area contributed by atoms with Crippen LogP contribution in [0.25, 0.3) is 5.69 Å². The van der Waals surface area contributed by atoms with Crippen LogP contribution in [0.5, 0.6) is 5.75 Å². The number of aromatic nitrogens is 3. The first kappa shape index (κ1) is 27.2. The number of hydrogen-bond acceptors (Lipinski definition) is 7. The van der Waals surface area contributed by atoms with E-state index >= 15 is 0 Å². The first-order valence-electron chi connectivity index (χ1n) is 11.4. The van der Waals surface area contributed by atoms with E-state index in [2.05, 4.69) is 5.10 Å². The maximum absolute atomic E-state index is 14.9. The molecule has 0 saturated heterocycles. The molecule has 1 unspecified atom stereocenters. The lowest BCUT2D eigenvalue weighted by atomic mass is 10.1. The molecule has 9 nitrogen and oxygen atoms in total. The van der Waals surface area contributed by atoms with Crippen LogP contribution in [0.2, 0.25) is 5.02 Å². The van der Waals surface area contributed by atoms with E-state index in [1.165, 1.54) is 25.3 Å². The van der Waals surface area contributed by atoms with Gasteiger partial charge in [-0.1, -0.05) is 54.1 Å². The van der Waals surface area contributed by atoms with Gasteiger partial charge in [-0.3, -0.25) is 9.36 Å². The number of benzene rings is 3. The molecule has 0 radical (unpaired) electrons. The molecule has 4 rings (SSSR count). The van der Waals surface area contributed by atoms with Crippen molar-refractivity contribution in [3.63, 3.8) is 0 Å². The molecule has 0 amide bonds. The van der Waals surface area contributed by atoms with Gasteiger partial charge in [-0.2, -0.15) is 9.78 Å². The van der Waals surface area contributed by atoms with Crippen LogP contribution in [-0.2, 0) is 22.8 Å². The molecule has 0 aliphatic rings. The smallest absolute Gasteiger partial charge is 0.352 e. The molecule has 38 heavy (non-hydrogen) atoms. The van der Waals surface area contributed by atoms with E-state index in [4.69, 9.17) is 22.1 Å². The van der Waals surface area contributed by atoms with Crippen LogP contribution < -0.4 is 21.7 Å². The highest BCUT2D eigenvalue weighted by molar-refractivity contribution is 7.90. The minimum Gasteiger partial charge on any atom is -0.495 e. The van der Waals surface area contributed by atoms with Crippen LogP contribution in [0.4, 0.5) is 4.39 Å². The Balaban J connectivity index is 1.96. The van der Waals surface area contributed by atoms with Gasteiger partial charge < -0.3 is 10.5 Å². The summed E-state index contributed by atoms with van der Waals surface area (Å²) in [6.45, 7) is -0.227. The fourth-order valence-electron chi connectivity index (χ4n) is 4.04. The Hall–Kier alpha value is -3.80. The molecule has 0 spiro atoms. The zero-order valence-electron chi connectivity index (χ0n) is 20.5. The van der Waals surface area contributed by atoms with Gasteiger partial charge in [0.1, 0.15) is 22.3 Å². The third-order valence-electron chi connectivity index (χ3n) is 5.94. The second-order valence-corrected chi connectivity index (χ2v) is 10.9. The van der Waals surface area contributed by atoms with Gasteiger partial charge >= 0.3 is 5.69 Å². The maximum atomic E-state index is 14.9. The first-order chi connectivity index (χ1) is 18.0. The summed E-state index contributed by atoms with van der Waals surface area (Å²) in [5, 5.41) is 4.26. The minimum atomic E-state index is -3.84. The molecule has 0 bridgehead atoms. The Labute approximate surface area is 222 Å². The molecule has 0 fully saturated rings. The Bertz CT molecular complexity index is 1720. The SMILES string of the molecule is COc1cccc(-n2nc(Cc3c(F)cccc3S(C)(=O)=O)c(=O)n(CC(N)c3ccccc3)c2=O)c1Cl. The number of sulfone groups is 1. The molecule has 1 aromatic heterocycles. The molecular formula is C26H24ClFN4O5S. The van der Waals surface area contributed by atoms with E-state index < -0.39 is 39.4 Å². The van der Waals surface area contributed by atoms with Crippen molar-refractivity contribution in [3.8, 4) is 11.4 Å². The lowest BCUT2D eigenvalue weighted by Crippen LogP contribution is -2.45. The van der Waals surface area contributed by atoms with Gasteiger partial charge in [0.15, 0.2) is 9.84 Å². The molecule has 0 aliphatic carbocycles. The Morgan fingerprint density at radius 3 is 2.39 bits per heavy atom. The highest BCUT2D eigenvalue weighted by Gasteiger charge is 2.23. The lowest BCUT2D eigenvalue weighted by molar-refractivity contribution is 0.414. The highest BCUT2D eigenvalue weighted by Crippen LogP contribution is 2.29. The van der Waals surface area contributed by atoms with E-state index in [9.17, 15) is 22.4 Å². The number of methoxy groups -OCH3 is 1. The fourth-order valence-corrected chi connectivity index (χ4v) is 5.27. The van der Waals surface area contributed by atoms with Crippen molar-refractivity contribution in [2.45, 2.75) is 23.9 Å². The lowest BCUT2D eigenvalue weighted by Gasteiger charge is -2.17. The number of halogens is 2. The Morgan fingerprint density at radius 1 is 1.05 bits per heavy atom. The predicted octanol–water partition coefficient (Wildman–Crippen LogP) is 2.89. The van der Waals surface area contributed by atoms with Gasteiger partial charge in [0, 0.05) is 24.3 Å². The number of nitrogens with zero attached hydrogens (tertiary/aromatic N) is 3. The quantitative estimate of drug-likeness (QED) is 0.352. The van der Waals surface area contributed by atoms with Gasteiger partial charge in [0.2, 0.25) is 0 Å². The summed E-state index contributed by atoms with van der Waals surface area (Å²) >= 11 is 6.46. The second-order valence-electron chi connectivity index (χ2n) is 8.53. The molecule has 1 heterocycles. The molecular weight excluding hydrogens is 535 g/mol. The topological polar surface area (TPSA) is 126 Å². The van der Waals surface area contributed by atoms with Crippen LogP contribution in [0.1, 0.15) is 22.9 Å². The van der Waals surface area contributed by atoms with Crippen molar-refractivity contribution in [2.75, 3.05) is 13.4 Å². The summed E-state index contributed by atoms with van der Waals surface area (Å²) in [4.78, 5) is 26.8. The number of nitrogens with two attached hydrogens (primary N) is 1. The van der Waals surface area contributed by atoms with Crippen LogP contribution in [0, 0.1) is 5.82 Å². The van der Waals surface area contributed by atoms with Gasteiger partial charge in [-0.25, -0.2) is 17.6 Å². The Kier molecular flexibility index (Phi) is 7.81. The summed E-state index contributed by atoms with van der Waals surface area (Å²) in [6.07, 6.45) is 0.434. The molecule has 3 aromatic carbocycles. The molecule has 0 saturated carbocycles. The van der Waals surface area contributed by atoms with E-state index in [0.717, 1.165) is 21.6 Å². The number of rotatable bonds is 8. The van der Waals surface area contributed by atoms with Gasteiger partial charge in [0.25, 0.3) is 5.56 Å².